The van der Waals surface area contributed by atoms with Gasteiger partial charge in [0.15, 0.2) is 5.78 Å². The number of hydrogen-bond acceptors (Lipinski definition) is 3. The van der Waals surface area contributed by atoms with Gasteiger partial charge >= 0.3 is 5.97 Å². The normalized spacial score (nSPS) is 12.0. The van der Waals surface area contributed by atoms with Crippen molar-refractivity contribution >= 4 is 34.4 Å². The van der Waals surface area contributed by atoms with Gasteiger partial charge in [-0.3, -0.25) is 4.79 Å². The lowest BCUT2D eigenvalue weighted by Gasteiger charge is -2.18. The number of para-hydroxylation sites is 2. The van der Waals surface area contributed by atoms with Gasteiger partial charge in [0.25, 0.3) is 0 Å². The zero-order valence-electron chi connectivity index (χ0n) is 21.2. The number of ketones is 1. The molecule has 1 atom stereocenters. The molecule has 0 saturated heterocycles. The van der Waals surface area contributed by atoms with E-state index in [4.69, 9.17) is 11.6 Å². The standard InChI is InChI=1S/C32H26ClFN2O3/c1-2-8-19(21-9-3-4-12-26(21)34)18-29(37)20-15-16-22(24(17-20)32(38)39)30-23(10-7-11-25(30)33)31-35-27-13-5-6-14-28(27)36-31/h3-7,9-17,19H,2,8,18H2,1H3,(H,35,36)(H,38,39). The molecule has 2 N–H and O–H groups in total. The number of fused-ring (bicyclic) bond motifs is 1. The maximum absolute atomic E-state index is 14.5. The number of carbonyl (C=O) groups is 2. The summed E-state index contributed by atoms with van der Waals surface area (Å²) >= 11 is 6.64. The Morgan fingerprint density at radius 2 is 1.74 bits per heavy atom. The molecule has 0 saturated carbocycles. The van der Waals surface area contributed by atoms with E-state index in [1.165, 1.54) is 12.1 Å². The van der Waals surface area contributed by atoms with Crippen LogP contribution < -0.4 is 0 Å². The number of aromatic amines is 1. The maximum atomic E-state index is 14.5. The highest BCUT2D eigenvalue weighted by Crippen LogP contribution is 2.39. The molecule has 5 rings (SSSR count). The van der Waals surface area contributed by atoms with E-state index in [0.29, 0.717) is 39.5 Å². The molecule has 1 aromatic heterocycles. The number of nitrogens with zero attached hydrogens (tertiary/aromatic N) is 1. The van der Waals surface area contributed by atoms with Crippen LogP contribution in [0.15, 0.2) is 84.9 Å². The number of benzene rings is 4. The molecule has 0 spiro atoms. The van der Waals surface area contributed by atoms with Crippen LogP contribution in [0.25, 0.3) is 33.5 Å². The van der Waals surface area contributed by atoms with Crippen LogP contribution in [0.4, 0.5) is 4.39 Å². The molecule has 39 heavy (non-hydrogen) atoms. The first-order valence-corrected chi connectivity index (χ1v) is 13.1. The number of H-pyrrole nitrogens is 1. The van der Waals surface area contributed by atoms with Crippen LogP contribution >= 0.6 is 11.6 Å². The predicted molar refractivity (Wildman–Crippen MR) is 152 cm³/mol. The number of carboxylic acids is 1. The van der Waals surface area contributed by atoms with E-state index >= 15 is 0 Å². The number of Topliss-reactive ketones (excluding diaryl/α,β-unsaturated/α-hetero) is 1. The second kappa shape index (κ2) is 11.2. The lowest BCUT2D eigenvalue weighted by atomic mass is 9.86. The summed E-state index contributed by atoms with van der Waals surface area (Å²) in [4.78, 5) is 33.7. The predicted octanol–water partition coefficient (Wildman–Crippen LogP) is 8.54. The van der Waals surface area contributed by atoms with Crippen LogP contribution in [0, 0.1) is 5.82 Å². The third kappa shape index (κ3) is 5.33. The molecular weight excluding hydrogens is 515 g/mol. The van der Waals surface area contributed by atoms with Crippen molar-refractivity contribution in [2.45, 2.75) is 32.1 Å². The molecule has 5 nitrogen and oxygen atoms in total. The molecule has 0 aliphatic heterocycles. The zero-order chi connectivity index (χ0) is 27.5. The first-order chi connectivity index (χ1) is 18.9. The first-order valence-electron chi connectivity index (χ1n) is 12.8. The van der Waals surface area contributed by atoms with E-state index < -0.39 is 5.97 Å². The van der Waals surface area contributed by atoms with Gasteiger partial charge in [-0.2, -0.15) is 0 Å². The van der Waals surface area contributed by atoms with Crippen molar-refractivity contribution in [3.8, 4) is 22.5 Å². The highest BCUT2D eigenvalue weighted by Gasteiger charge is 2.24. The third-order valence-corrected chi connectivity index (χ3v) is 7.23. The van der Waals surface area contributed by atoms with E-state index in [2.05, 4.69) is 9.97 Å². The number of nitrogens with one attached hydrogen (secondary N) is 1. The molecule has 7 heteroatoms. The molecule has 5 aromatic rings. The summed E-state index contributed by atoms with van der Waals surface area (Å²) in [6, 6.07) is 24.0. The van der Waals surface area contributed by atoms with Crippen LogP contribution in [-0.4, -0.2) is 26.8 Å². The van der Waals surface area contributed by atoms with Crippen molar-refractivity contribution in [3.05, 3.63) is 112 Å². The smallest absolute Gasteiger partial charge is 0.336 e. The van der Waals surface area contributed by atoms with Crippen LogP contribution in [0.1, 0.15) is 58.4 Å². The molecule has 0 radical (unpaired) electrons. The van der Waals surface area contributed by atoms with Gasteiger partial charge in [0.1, 0.15) is 11.6 Å². The number of carbonyl (C=O) groups excluding carboxylic acids is 1. The van der Waals surface area contributed by atoms with E-state index in [1.807, 2.05) is 37.3 Å². The molecule has 196 valence electrons. The Hall–Kier alpha value is -4.29. The second-order valence-electron chi connectivity index (χ2n) is 9.46. The molecule has 0 amide bonds. The minimum absolute atomic E-state index is 0.0516. The maximum Gasteiger partial charge on any atom is 0.336 e. The van der Waals surface area contributed by atoms with Gasteiger partial charge in [-0.15, -0.1) is 0 Å². The summed E-state index contributed by atoms with van der Waals surface area (Å²) in [7, 11) is 0. The molecule has 1 unspecified atom stereocenters. The van der Waals surface area contributed by atoms with Gasteiger partial charge < -0.3 is 10.1 Å². The van der Waals surface area contributed by atoms with Crippen LogP contribution in [-0.2, 0) is 0 Å². The highest BCUT2D eigenvalue weighted by atomic mass is 35.5. The number of aromatic nitrogens is 2. The fraction of sp³-hybridized carbons (Fsp3) is 0.156. The van der Waals surface area contributed by atoms with Gasteiger partial charge in [0, 0.05) is 28.1 Å². The Labute approximate surface area is 230 Å². The van der Waals surface area contributed by atoms with Gasteiger partial charge in [0.2, 0.25) is 0 Å². The third-order valence-electron chi connectivity index (χ3n) is 6.91. The van der Waals surface area contributed by atoms with E-state index in [9.17, 15) is 19.1 Å². The highest BCUT2D eigenvalue weighted by molar-refractivity contribution is 6.34. The summed E-state index contributed by atoms with van der Waals surface area (Å²) in [6.45, 7) is 1.98. The topological polar surface area (TPSA) is 83.0 Å². The average Bonchev–Trinajstić information content (AvgIpc) is 3.37. The number of halogens is 2. The summed E-state index contributed by atoms with van der Waals surface area (Å²) in [5, 5.41) is 10.5. The first kappa shape index (κ1) is 26.3. The minimum Gasteiger partial charge on any atom is -0.478 e. The zero-order valence-corrected chi connectivity index (χ0v) is 22.0. The van der Waals surface area contributed by atoms with Crippen LogP contribution in [0.5, 0.6) is 0 Å². The number of rotatable bonds is 9. The molecular formula is C32H26ClFN2O3. The van der Waals surface area contributed by atoms with E-state index in [0.717, 1.165) is 17.5 Å². The van der Waals surface area contributed by atoms with Crippen molar-refractivity contribution in [2.24, 2.45) is 0 Å². The number of imidazole rings is 1. The van der Waals surface area contributed by atoms with Crippen molar-refractivity contribution in [3.63, 3.8) is 0 Å². The summed E-state index contributed by atoms with van der Waals surface area (Å²) < 4.78 is 14.5. The van der Waals surface area contributed by atoms with Crippen molar-refractivity contribution in [2.75, 3.05) is 0 Å². The summed E-state index contributed by atoms with van der Waals surface area (Å²) in [6.07, 6.45) is 1.49. The molecule has 0 fully saturated rings. The lowest BCUT2D eigenvalue weighted by molar-refractivity contribution is 0.0697. The van der Waals surface area contributed by atoms with Crippen molar-refractivity contribution in [1.29, 1.82) is 0 Å². The quantitative estimate of drug-likeness (QED) is 0.183. The number of hydrogen-bond donors (Lipinski definition) is 2. The van der Waals surface area contributed by atoms with Gasteiger partial charge in [-0.05, 0) is 53.8 Å². The van der Waals surface area contributed by atoms with Gasteiger partial charge in [-0.25, -0.2) is 14.2 Å². The van der Waals surface area contributed by atoms with Crippen molar-refractivity contribution < 1.29 is 19.1 Å². The Morgan fingerprint density at radius 3 is 2.49 bits per heavy atom. The minimum atomic E-state index is -1.19. The van der Waals surface area contributed by atoms with Crippen molar-refractivity contribution in [1.82, 2.24) is 9.97 Å². The number of carboxylic acid groups (broad SMARTS) is 1. The number of aromatic carboxylic acids is 1. The molecule has 1 heterocycles. The lowest BCUT2D eigenvalue weighted by Crippen LogP contribution is -2.11. The Morgan fingerprint density at radius 1 is 0.974 bits per heavy atom. The van der Waals surface area contributed by atoms with Gasteiger partial charge in [-0.1, -0.05) is 79.5 Å². The Balaban J connectivity index is 1.55. The summed E-state index contributed by atoms with van der Waals surface area (Å²) in [5.74, 6) is -1.53. The molecule has 0 aliphatic carbocycles. The fourth-order valence-electron chi connectivity index (χ4n) is 5.05. The molecule has 0 aliphatic rings. The monoisotopic (exact) mass is 540 g/mol. The largest absolute Gasteiger partial charge is 0.478 e. The fourth-order valence-corrected chi connectivity index (χ4v) is 5.33. The summed E-state index contributed by atoms with van der Waals surface area (Å²) in [5.41, 5.74) is 3.83. The van der Waals surface area contributed by atoms with E-state index in [1.54, 1.807) is 42.5 Å². The van der Waals surface area contributed by atoms with Gasteiger partial charge in [0.05, 0.1) is 16.6 Å². The SMILES string of the molecule is CCCC(CC(=O)c1ccc(-c2c(Cl)cccc2-c2nc3ccccc3[nH]2)c(C(=O)O)c1)c1ccccc1F. The second-order valence-corrected chi connectivity index (χ2v) is 9.87. The molecule has 4 aromatic carbocycles. The van der Waals surface area contributed by atoms with Crippen LogP contribution in [0.3, 0.4) is 0 Å². The Kier molecular flexibility index (Phi) is 7.57. The Bertz CT molecular complexity index is 1660. The van der Waals surface area contributed by atoms with Crippen LogP contribution in [0.2, 0.25) is 5.02 Å². The van der Waals surface area contributed by atoms with E-state index in [-0.39, 0.29) is 35.1 Å². The average molecular weight is 541 g/mol. The molecule has 0 bridgehead atoms.